The van der Waals surface area contributed by atoms with Crippen LogP contribution < -0.4 is 10.6 Å². The van der Waals surface area contributed by atoms with E-state index in [2.05, 4.69) is 17.2 Å². The Kier molecular flexibility index (Phi) is 5.64. The monoisotopic (exact) mass is 279 g/mol. The summed E-state index contributed by atoms with van der Waals surface area (Å²) in [6, 6.07) is -0.587. The smallest absolute Gasteiger partial charge is 0.251 e. The van der Waals surface area contributed by atoms with Crippen LogP contribution in [-0.2, 0) is 19.2 Å². The van der Waals surface area contributed by atoms with Crippen LogP contribution in [0.5, 0.6) is 0 Å². The van der Waals surface area contributed by atoms with E-state index in [1.165, 1.54) is 17.9 Å². The molecule has 1 rings (SSSR count). The van der Waals surface area contributed by atoms with Crippen molar-refractivity contribution >= 4 is 24.0 Å². The van der Waals surface area contributed by atoms with Gasteiger partial charge in [0.25, 0.3) is 5.91 Å². The predicted octanol–water partition coefficient (Wildman–Crippen LogP) is -0.892. The first-order valence-electron chi connectivity index (χ1n) is 6.14. The SMILES string of the molecule is C=C1C=CC(=O)N1CCC(=O)NCC(=O)NC(C)C=O. The van der Waals surface area contributed by atoms with Crippen molar-refractivity contribution in [3.63, 3.8) is 0 Å². The van der Waals surface area contributed by atoms with E-state index in [1.54, 1.807) is 6.08 Å². The second-order valence-corrected chi connectivity index (χ2v) is 4.33. The average molecular weight is 279 g/mol. The molecular formula is C13H17N3O4. The Morgan fingerprint density at radius 2 is 2.10 bits per heavy atom. The molecule has 3 amide bonds. The average Bonchev–Trinajstić information content (AvgIpc) is 2.73. The minimum atomic E-state index is -0.587. The number of hydrogen-bond acceptors (Lipinski definition) is 4. The van der Waals surface area contributed by atoms with Crippen LogP contribution in [0.2, 0.25) is 0 Å². The molecule has 1 aliphatic rings. The van der Waals surface area contributed by atoms with Gasteiger partial charge in [-0.15, -0.1) is 0 Å². The van der Waals surface area contributed by atoms with Crippen LogP contribution >= 0.6 is 0 Å². The van der Waals surface area contributed by atoms with E-state index >= 15 is 0 Å². The molecule has 0 aromatic carbocycles. The van der Waals surface area contributed by atoms with Gasteiger partial charge in [-0.2, -0.15) is 0 Å². The number of carbonyl (C=O) groups excluding carboxylic acids is 4. The molecule has 0 saturated carbocycles. The van der Waals surface area contributed by atoms with E-state index in [9.17, 15) is 19.2 Å². The van der Waals surface area contributed by atoms with Crippen molar-refractivity contribution in [1.82, 2.24) is 15.5 Å². The number of aldehydes is 1. The third-order valence-electron chi connectivity index (χ3n) is 2.63. The zero-order chi connectivity index (χ0) is 15.1. The van der Waals surface area contributed by atoms with Gasteiger partial charge in [0.1, 0.15) is 6.29 Å². The molecule has 0 aromatic heterocycles. The molecule has 2 N–H and O–H groups in total. The highest BCUT2D eigenvalue weighted by Crippen LogP contribution is 2.12. The fourth-order valence-electron chi connectivity index (χ4n) is 1.56. The van der Waals surface area contributed by atoms with Crippen molar-refractivity contribution in [3.05, 3.63) is 24.4 Å². The molecule has 1 heterocycles. The minimum absolute atomic E-state index is 0.0724. The van der Waals surface area contributed by atoms with Gasteiger partial charge in [-0.25, -0.2) is 0 Å². The minimum Gasteiger partial charge on any atom is -0.347 e. The number of hydrogen-bond donors (Lipinski definition) is 2. The zero-order valence-electron chi connectivity index (χ0n) is 11.2. The molecule has 0 spiro atoms. The van der Waals surface area contributed by atoms with Gasteiger partial charge in [0, 0.05) is 24.7 Å². The summed E-state index contributed by atoms with van der Waals surface area (Å²) in [6.07, 6.45) is 3.63. The molecule has 1 unspecified atom stereocenters. The fourth-order valence-corrected chi connectivity index (χ4v) is 1.56. The van der Waals surface area contributed by atoms with Gasteiger partial charge in [0.05, 0.1) is 12.6 Å². The Balaban J connectivity index is 2.24. The summed E-state index contributed by atoms with van der Waals surface area (Å²) in [6.45, 7) is 5.21. The van der Waals surface area contributed by atoms with Crippen molar-refractivity contribution in [2.45, 2.75) is 19.4 Å². The molecule has 0 saturated heterocycles. The lowest BCUT2D eigenvalue weighted by atomic mass is 10.3. The van der Waals surface area contributed by atoms with Crippen molar-refractivity contribution in [2.24, 2.45) is 0 Å². The van der Waals surface area contributed by atoms with Crippen molar-refractivity contribution in [1.29, 1.82) is 0 Å². The topological polar surface area (TPSA) is 95.6 Å². The third kappa shape index (κ3) is 4.68. The first-order valence-corrected chi connectivity index (χ1v) is 6.14. The Morgan fingerprint density at radius 3 is 2.65 bits per heavy atom. The highest BCUT2D eigenvalue weighted by atomic mass is 16.2. The quantitative estimate of drug-likeness (QED) is 0.591. The van der Waals surface area contributed by atoms with Gasteiger partial charge < -0.3 is 20.3 Å². The summed E-state index contributed by atoms with van der Waals surface area (Å²) < 4.78 is 0. The fraction of sp³-hybridized carbons (Fsp3) is 0.385. The van der Waals surface area contributed by atoms with Crippen LogP contribution in [0, 0.1) is 0 Å². The number of rotatable bonds is 7. The maximum Gasteiger partial charge on any atom is 0.251 e. The maximum atomic E-state index is 11.5. The maximum absolute atomic E-state index is 11.5. The summed E-state index contributed by atoms with van der Waals surface area (Å²) in [5, 5.41) is 4.80. The number of nitrogens with zero attached hydrogens (tertiary/aromatic N) is 1. The lowest BCUT2D eigenvalue weighted by Gasteiger charge is -2.16. The second kappa shape index (κ2) is 7.22. The van der Waals surface area contributed by atoms with Crippen molar-refractivity contribution in [2.75, 3.05) is 13.1 Å². The predicted molar refractivity (Wildman–Crippen MR) is 71.3 cm³/mol. The first-order chi connectivity index (χ1) is 9.43. The van der Waals surface area contributed by atoms with Crippen LogP contribution in [0.25, 0.3) is 0 Å². The Labute approximate surface area is 116 Å². The molecule has 0 fully saturated rings. The lowest BCUT2D eigenvalue weighted by Crippen LogP contribution is -2.42. The number of nitrogens with one attached hydrogen (secondary N) is 2. The Hall–Kier alpha value is -2.44. The molecule has 108 valence electrons. The Bertz CT molecular complexity index is 452. The molecule has 1 aliphatic heterocycles. The van der Waals surface area contributed by atoms with Gasteiger partial charge in [-0.3, -0.25) is 14.4 Å². The van der Waals surface area contributed by atoms with E-state index in [1.807, 2.05) is 0 Å². The van der Waals surface area contributed by atoms with Crippen molar-refractivity contribution in [3.8, 4) is 0 Å². The molecule has 7 heteroatoms. The van der Waals surface area contributed by atoms with Crippen LogP contribution in [0.3, 0.4) is 0 Å². The number of amides is 3. The second-order valence-electron chi connectivity index (χ2n) is 4.33. The van der Waals surface area contributed by atoms with Gasteiger partial charge in [-0.1, -0.05) is 6.58 Å². The molecular weight excluding hydrogens is 262 g/mol. The molecule has 0 radical (unpaired) electrons. The third-order valence-corrected chi connectivity index (χ3v) is 2.63. The van der Waals surface area contributed by atoms with Crippen LogP contribution in [-0.4, -0.2) is 48.0 Å². The zero-order valence-corrected chi connectivity index (χ0v) is 11.2. The molecule has 0 bridgehead atoms. The lowest BCUT2D eigenvalue weighted by molar-refractivity contribution is -0.128. The highest BCUT2D eigenvalue weighted by Gasteiger charge is 2.19. The van der Waals surface area contributed by atoms with E-state index in [0.29, 0.717) is 12.0 Å². The van der Waals surface area contributed by atoms with E-state index in [-0.39, 0.29) is 31.3 Å². The molecule has 1 atom stereocenters. The van der Waals surface area contributed by atoms with Gasteiger partial charge in [-0.05, 0) is 13.0 Å². The summed E-state index contributed by atoms with van der Waals surface area (Å²) >= 11 is 0. The number of allylic oxidation sites excluding steroid dienone is 1. The largest absolute Gasteiger partial charge is 0.347 e. The standard InChI is InChI=1S/C13H17N3O4/c1-9(8-17)15-12(19)7-14-11(18)5-6-16-10(2)3-4-13(16)20/h3-4,8-9H,2,5-7H2,1H3,(H,14,18)(H,15,19). The molecule has 0 aliphatic carbocycles. The Morgan fingerprint density at radius 1 is 1.40 bits per heavy atom. The van der Waals surface area contributed by atoms with Crippen LogP contribution in [0.4, 0.5) is 0 Å². The van der Waals surface area contributed by atoms with E-state index < -0.39 is 11.9 Å². The van der Waals surface area contributed by atoms with Gasteiger partial charge in [0.15, 0.2) is 0 Å². The van der Waals surface area contributed by atoms with E-state index in [0.717, 1.165) is 0 Å². The molecule has 20 heavy (non-hydrogen) atoms. The summed E-state index contributed by atoms with van der Waals surface area (Å²) in [7, 11) is 0. The summed E-state index contributed by atoms with van der Waals surface area (Å²) in [5.41, 5.74) is 0.542. The highest BCUT2D eigenvalue weighted by molar-refractivity contribution is 5.93. The number of carbonyl (C=O) groups is 4. The normalized spacial score (nSPS) is 15.2. The van der Waals surface area contributed by atoms with E-state index in [4.69, 9.17) is 0 Å². The van der Waals surface area contributed by atoms with Crippen LogP contribution in [0.15, 0.2) is 24.4 Å². The van der Waals surface area contributed by atoms with Crippen LogP contribution in [0.1, 0.15) is 13.3 Å². The molecule has 0 aromatic rings. The summed E-state index contributed by atoms with van der Waals surface area (Å²) in [4.78, 5) is 45.9. The van der Waals surface area contributed by atoms with Gasteiger partial charge in [0.2, 0.25) is 11.8 Å². The summed E-state index contributed by atoms with van der Waals surface area (Å²) in [5.74, 6) is -1.01. The first kappa shape index (κ1) is 15.6. The molecule has 7 nitrogen and oxygen atoms in total. The van der Waals surface area contributed by atoms with Gasteiger partial charge >= 0.3 is 0 Å². The van der Waals surface area contributed by atoms with Crippen molar-refractivity contribution < 1.29 is 19.2 Å².